The van der Waals surface area contributed by atoms with Crippen molar-refractivity contribution >= 4 is 23.3 Å². The molecule has 7 heteroatoms. The first-order chi connectivity index (χ1) is 8.93. The summed E-state index contributed by atoms with van der Waals surface area (Å²) in [6, 6.07) is 1.11. The van der Waals surface area contributed by atoms with Crippen LogP contribution in [0, 0.1) is 17.6 Å². The Balaban J connectivity index is 2.58. The fourth-order valence-corrected chi connectivity index (χ4v) is 1.60. The van der Waals surface area contributed by atoms with E-state index in [-0.39, 0.29) is 17.5 Å². The van der Waals surface area contributed by atoms with Crippen LogP contribution in [0.2, 0.25) is 5.02 Å². The van der Waals surface area contributed by atoms with Gasteiger partial charge in [0.2, 0.25) is 0 Å². The van der Waals surface area contributed by atoms with Gasteiger partial charge in [-0.2, -0.15) is 0 Å². The zero-order valence-corrected chi connectivity index (χ0v) is 11.1. The van der Waals surface area contributed by atoms with Crippen LogP contribution in [-0.2, 0) is 0 Å². The highest BCUT2D eigenvalue weighted by Gasteiger charge is 2.14. The molecule has 1 atom stereocenters. The smallest absolute Gasteiger partial charge is 0.319 e. The Kier molecular flexibility index (Phi) is 5.98. The van der Waals surface area contributed by atoms with Crippen LogP contribution in [0.3, 0.4) is 0 Å². The molecule has 0 saturated heterocycles. The quantitative estimate of drug-likeness (QED) is 0.781. The molecule has 0 spiro atoms. The Bertz CT molecular complexity index is 434. The predicted octanol–water partition coefficient (Wildman–Crippen LogP) is 2.76. The molecule has 0 saturated carbocycles. The van der Waals surface area contributed by atoms with Gasteiger partial charge in [0.25, 0.3) is 0 Å². The molecule has 1 aromatic rings. The molecule has 19 heavy (non-hydrogen) atoms. The summed E-state index contributed by atoms with van der Waals surface area (Å²) in [6.45, 7) is 2.15. The van der Waals surface area contributed by atoms with E-state index in [0.717, 1.165) is 12.1 Å². The van der Waals surface area contributed by atoms with E-state index in [1.54, 1.807) is 0 Å². The van der Waals surface area contributed by atoms with Crippen LogP contribution in [-0.4, -0.2) is 24.3 Å². The Morgan fingerprint density at radius 1 is 1.42 bits per heavy atom. The second kappa shape index (κ2) is 7.25. The van der Waals surface area contributed by atoms with Crippen LogP contribution in [0.25, 0.3) is 0 Å². The summed E-state index contributed by atoms with van der Waals surface area (Å²) in [7, 11) is 0. The first kappa shape index (κ1) is 15.7. The highest BCUT2D eigenvalue weighted by Crippen LogP contribution is 2.23. The fraction of sp³-hybridized carbons (Fsp3) is 0.417. The fourth-order valence-electron chi connectivity index (χ4n) is 1.41. The summed E-state index contributed by atoms with van der Waals surface area (Å²) in [4.78, 5) is 11.5. The van der Waals surface area contributed by atoms with E-state index < -0.39 is 23.4 Å². The lowest BCUT2D eigenvalue weighted by atomic mass is 10.1. The maximum atomic E-state index is 13.4. The molecule has 1 unspecified atom stereocenters. The molecule has 0 aliphatic carbocycles. The zero-order chi connectivity index (χ0) is 14.4. The molecule has 1 aromatic carbocycles. The maximum absolute atomic E-state index is 13.4. The first-order valence-corrected chi connectivity index (χ1v) is 6.12. The van der Waals surface area contributed by atoms with Gasteiger partial charge in [-0.25, -0.2) is 13.6 Å². The summed E-state index contributed by atoms with van der Waals surface area (Å²) < 4.78 is 26.8. The van der Waals surface area contributed by atoms with Crippen molar-refractivity contribution in [3.63, 3.8) is 0 Å². The summed E-state index contributed by atoms with van der Waals surface area (Å²) in [5.74, 6) is -1.82. The standard InChI is InChI=1S/C12H15ClF2N2O2/c1-7(2-3-18)6-16-12(19)17-11-9(14)4-8(13)5-10(11)15/h4-5,7,18H,2-3,6H2,1H3,(H2,16,17,19). The van der Waals surface area contributed by atoms with Crippen LogP contribution in [0.1, 0.15) is 13.3 Å². The van der Waals surface area contributed by atoms with Gasteiger partial charge in [-0.1, -0.05) is 18.5 Å². The van der Waals surface area contributed by atoms with Crippen molar-refractivity contribution in [2.24, 2.45) is 5.92 Å². The van der Waals surface area contributed by atoms with Crippen molar-refractivity contribution in [2.45, 2.75) is 13.3 Å². The number of anilines is 1. The lowest BCUT2D eigenvalue weighted by molar-refractivity contribution is 0.243. The number of amides is 2. The Hall–Kier alpha value is -1.40. The van der Waals surface area contributed by atoms with Gasteiger partial charge in [0.15, 0.2) is 11.6 Å². The molecule has 1 rings (SSSR count). The molecule has 2 amide bonds. The Labute approximate surface area is 114 Å². The van der Waals surface area contributed by atoms with Gasteiger partial charge in [-0.15, -0.1) is 0 Å². The normalized spacial score (nSPS) is 12.1. The third-order valence-electron chi connectivity index (χ3n) is 2.48. The topological polar surface area (TPSA) is 61.4 Å². The van der Waals surface area contributed by atoms with E-state index in [1.165, 1.54) is 0 Å². The zero-order valence-electron chi connectivity index (χ0n) is 10.3. The Morgan fingerprint density at radius 2 is 2.00 bits per heavy atom. The summed E-state index contributed by atoms with van der Waals surface area (Å²) in [5, 5.41) is 13.1. The first-order valence-electron chi connectivity index (χ1n) is 5.74. The molecule has 4 nitrogen and oxygen atoms in total. The molecular formula is C12H15ClF2N2O2. The Morgan fingerprint density at radius 3 is 2.53 bits per heavy atom. The predicted molar refractivity (Wildman–Crippen MR) is 69.3 cm³/mol. The molecule has 0 fully saturated rings. The van der Waals surface area contributed by atoms with Gasteiger partial charge in [-0.05, 0) is 24.5 Å². The number of aliphatic hydroxyl groups is 1. The van der Waals surface area contributed by atoms with Gasteiger partial charge in [0, 0.05) is 18.2 Å². The number of hydrogen-bond donors (Lipinski definition) is 3. The minimum absolute atomic E-state index is 0.0188. The SMILES string of the molecule is CC(CCO)CNC(=O)Nc1c(F)cc(Cl)cc1F. The van der Waals surface area contributed by atoms with E-state index in [2.05, 4.69) is 10.6 Å². The number of urea groups is 1. The molecular weight excluding hydrogens is 278 g/mol. The number of nitrogens with one attached hydrogen (secondary N) is 2. The summed E-state index contributed by atoms with van der Waals surface area (Å²) in [5.41, 5.74) is -0.545. The van der Waals surface area contributed by atoms with Gasteiger partial charge in [-0.3, -0.25) is 0 Å². The number of halogens is 3. The van der Waals surface area contributed by atoms with Gasteiger partial charge < -0.3 is 15.7 Å². The number of benzene rings is 1. The lowest BCUT2D eigenvalue weighted by Gasteiger charge is -2.13. The molecule has 0 heterocycles. The third-order valence-corrected chi connectivity index (χ3v) is 2.70. The summed E-state index contributed by atoms with van der Waals surface area (Å²) in [6.07, 6.45) is 0.532. The monoisotopic (exact) mass is 292 g/mol. The molecule has 3 N–H and O–H groups in total. The summed E-state index contributed by atoms with van der Waals surface area (Å²) >= 11 is 5.46. The van der Waals surface area contributed by atoms with Crippen LogP contribution in [0.15, 0.2) is 12.1 Å². The van der Waals surface area contributed by atoms with E-state index in [4.69, 9.17) is 16.7 Å². The number of aliphatic hydroxyl groups excluding tert-OH is 1. The van der Waals surface area contributed by atoms with Crippen molar-refractivity contribution < 1.29 is 18.7 Å². The van der Waals surface area contributed by atoms with Crippen molar-refractivity contribution in [3.8, 4) is 0 Å². The average Bonchev–Trinajstić information content (AvgIpc) is 2.31. The minimum Gasteiger partial charge on any atom is -0.396 e. The third kappa shape index (κ3) is 5.00. The number of carbonyl (C=O) groups excluding carboxylic acids is 1. The van der Waals surface area contributed by atoms with Crippen LogP contribution >= 0.6 is 11.6 Å². The van der Waals surface area contributed by atoms with Gasteiger partial charge in [0.05, 0.1) is 0 Å². The second-order valence-corrected chi connectivity index (χ2v) is 4.63. The van der Waals surface area contributed by atoms with E-state index in [9.17, 15) is 13.6 Å². The highest BCUT2D eigenvalue weighted by molar-refractivity contribution is 6.30. The molecule has 0 aliphatic rings. The molecule has 0 aliphatic heterocycles. The second-order valence-electron chi connectivity index (χ2n) is 4.20. The van der Waals surface area contributed by atoms with E-state index in [1.807, 2.05) is 6.92 Å². The highest BCUT2D eigenvalue weighted by atomic mass is 35.5. The van der Waals surface area contributed by atoms with Crippen LogP contribution in [0.5, 0.6) is 0 Å². The van der Waals surface area contributed by atoms with Gasteiger partial charge in [0.1, 0.15) is 5.69 Å². The molecule has 0 bridgehead atoms. The lowest BCUT2D eigenvalue weighted by Crippen LogP contribution is -2.33. The van der Waals surface area contributed by atoms with Gasteiger partial charge >= 0.3 is 6.03 Å². The van der Waals surface area contributed by atoms with Crippen LogP contribution < -0.4 is 10.6 Å². The number of hydrogen-bond acceptors (Lipinski definition) is 2. The van der Waals surface area contributed by atoms with E-state index >= 15 is 0 Å². The minimum atomic E-state index is -0.941. The van der Waals surface area contributed by atoms with Crippen molar-refractivity contribution in [1.29, 1.82) is 0 Å². The maximum Gasteiger partial charge on any atom is 0.319 e. The molecule has 0 aromatic heterocycles. The number of carbonyl (C=O) groups is 1. The van der Waals surface area contributed by atoms with Crippen LogP contribution in [0.4, 0.5) is 19.3 Å². The van der Waals surface area contributed by atoms with E-state index in [0.29, 0.717) is 13.0 Å². The number of rotatable bonds is 5. The van der Waals surface area contributed by atoms with Crippen molar-refractivity contribution in [2.75, 3.05) is 18.5 Å². The average molecular weight is 293 g/mol. The largest absolute Gasteiger partial charge is 0.396 e. The molecule has 0 radical (unpaired) electrons. The molecule has 106 valence electrons. The van der Waals surface area contributed by atoms with Crippen molar-refractivity contribution in [1.82, 2.24) is 5.32 Å². The van der Waals surface area contributed by atoms with Crippen molar-refractivity contribution in [3.05, 3.63) is 28.8 Å².